The smallest absolute Gasteiger partial charge is 0.269 e. The summed E-state index contributed by atoms with van der Waals surface area (Å²) in [6, 6.07) is 6.96. The van der Waals surface area contributed by atoms with Crippen molar-refractivity contribution in [2.24, 2.45) is 0 Å². The summed E-state index contributed by atoms with van der Waals surface area (Å²) in [7, 11) is 1.87. The molecule has 5 heteroatoms. The molecule has 0 spiro atoms. The molecule has 0 aliphatic rings. The number of hydrogen-bond donors (Lipinski definition) is 3. The van der Waals surface area contributed by atoms with Crippen molar-refractivity contribution in [3.8, 4) is 0 Å². The molecule has 0 saturated heterocycles. The van der Waals surface area contributed by atoms with Gasteiger partial charge in [-0.3, -0.25) is 4.74 Å². The van der Waals surface area contributed by atoms with Gasteiger partial charge in [0.05, 0.1) is 0 Å². The van der Waals surface area contributed by atoms with E-state index < -0.39 is 12.8 Å². The first-order valence-electron chi connectivity index (χ1n) is 3.86. The highest BCUT2D eigenvalue weighted by molar-refractivity contribution is 6.32. The van der Waals surface area contributed by atoms with Crippen molar-refractivity contribution in [3.05, 3.63) is 29.8 Å². The summed E-state index contributed by atoms with van der Waals surface area (Å²) in [4.78, 5) is 0. The van der Waals surface area contributed by atoms with Crippen LogP contribution in [0.25, 0.3) is 0 Å². The van der Waals surface area contributed by atoms with Crippen LogP contribution in [-0.2, 0) is 4.74 Å². The first-order chi connectivity index (χ1) is 6.09. The Kier molecular flexibility index (Phi) is 3.44. The summed E-state index contributed by atoms with van der Waals surface area (Å²) in [5.41, 5.74) is 1.46. The summed E-state index contributed by atoms with van der Waals surface area (Å²) in [6.45, 7) is -1.96. The number of benzene rings is 1. The maximum Gasteiger partial charge on any atom is 0.269 e. The average Bonchev–Trinajstić information content (AvgIpc) is 2.03. The lowest BCUT2D eigenvalue weighted by atomic mass is 9.94. The van der Waals surface area contributed by atoms with Crippen LogP contribution in [0.4, 0.5) is 0 Å². The highest BCUT2D eigenvalue weighted by Gasteiger charge is 2.10. The Morgan fingerprint density at radius 1 is 1.23 bits per heavy atom. The molecule has 70 valence electrons. The predicted octanol–water partition coefficient (Wildman–Crippen LogP) is -1.78. The lowest BCUT2D eigenvalue weighted by Crippen LogP contribution is -2.16. The summed E-state index contributed by atoms with van der Waals surface area (Å²) in [5.74, 6) is 0. The minimum atomic E-state index is -1.96. The third kappa shape index (κ3) is 3.16. The zero-order chi connectivity index (χ0) is 9.84. The molecule has 1 aromatic carbocycles. The van der Waals surface area contributed by atoms with Gasteiger partial charge in [0.25, 0.3) is 6.48 Å². The maximum atomic E-state index is 9.27. The van der Waals surface area contributed by atoms with Gasteiger partial charge >= 0.3 is 0 Å². The lowest BCUT2D eigenvalue weighted by molar-refractivity contribution is -0.299. The summed E-state index contributed by atoms with van der Waals surface area (Å²) in [5, 5.41) is 26.1. The second kappa shape index (κ2) is 4.39. The van der Waals surface area contributed by atoms with E-state index in [1.54, 1.807) is 18.2 Å². The van der Waals surface area contributed by atoms with E-state index in [-0.39, 0.29) is 0 Å². The molecule has 0 amide bonds. The van der Waals surface area contributed by atoms with Gasteiger partial charge in [0.15, 0.2) is 6.29 Å². The Bertz CT molecular complexity index is 277. The van der Waals surface area contributed by atoms with Crippen molar-refractivity contribution in [1.29, 1.82) is 0 Å². The molecule has 0 bridgehead atoms. The van der Waals surface area contributed by atoms with Crippen LogP contribution in [0.2, 0.25) is 0 Å². The molecule has 0 heterocycles. The van der Waals surface area contributed by atoms with Gasteiger partial charge in [0.2, 0.25) is 0 Å². The molecule has 13 heavy (non-hydrogen) atoms. The fraction of sp³-hybridized carbons (Fsp3) is 0.250. The van der Waals surface area contributed by atoms with E-state index >= 15 is 0 Å². The molecule has 3 N–H and O–H groups in total. The van der Waals surface area contributed by atoms with Crippen LogP contribution in [0.15, 0.2) is 24.3 Å². The second-order valence-electron chi connectivity index (χ2n) is 2.73. The minimum absolute atomic E-state index is 0.494. The fourth-order valence-corrected chi connectivity index (χ4v) is 1.02. The van der Waals surface area contributed by atoms with Gasteiger partial charge in [-0.1, -0.05) is 29.7 Å². The molecule has 0 aliphatic carbocycles. The molecule has 4 nitrogen and oxygen atoms in total. The topological polar surface area (TPSA) is 69.9 Å². The Balaban J connectivity index is 2.71. The Morgan fingerprint density at radius 2 is 1.92 bits per heavy atom. The van der Waals surface area contributed by atoms with Crippen LogP contribution in [0.1, 0.15) is 11.9 Å². The van der Waals surface area contributed by atoms with Crippen LogP contribution < -0.4 is 5.46 Å². The first-order valence-corrected chi connectivity index (χ1v) is 3.86. The fourth-order valence-electron chi connectivity index (χ4n) is 1.02. The van der Waals surface area contributed by atoms with E-state index in [4.69, 9.17) is 10.2 Å². The molecule has 0 saturated carbocycles. The quantitative estimate of drug-likeness (QED) is 0.381. The van der Waals surface area contributed by atoms with E-state index in [0.717, 1.165) is 5.46 Å². The molecule has 0 fully saturated rings. The van der Waals surface area contributed by atoms with Crippen molar-refractivity contribution in [1.82, 2.24) is 0 Å². The Morgan fingerprint density at radius 3 is 2.46 bits per heavy atom. The van der Waals surface area contributed by atoms with Crippen LogP contribution in [0.3, 0.4) is 0 Å². The molecular weight excluding hydrogens is 171 g/mol. The summed E-state index contributed by atoms with van der Waals surface area (Å²) >= 11 is 0. The van der Waals surface area contributed by atoms with Gasteiger partial charge in [-0.25, -0.2) is 0 Å². The molecule has 0 aliphatic heterocycles. The highest BCUT2D eigenvalue weighted by atomic mass is 16.8. The van der Waals surface area contributed by atoms with E-state index in [1.807, 2.05) is 13.9 Å². The van der Waals surface area contributed by atoms with Crippen LogP contribution in [0, 0.1) is 0 Å². The second-order valence-corrected chi connectivity index (χ2v) is 2.73. The highest BCUT2D eigenvalue weighted by Crippen LogP contribution is 2.12. The Hall–Kier alpha value is -0.875. The van der Waals surface area contributed by atoms with Gasteiger partial charge in [-0.05, 0) is 0 Å². The van der Waals surface area contributed by atoms with Gasteiger partial charge in [0.1, 0.15) is 7.85 Å². The van der Waals surface area contributed by atoms with Crippen LogP contribution in [0.5, 0.6) is 0 Å². The van der Waals surface area contributed by atoms with Crippen molar-refractivity contribution in [3.63, 3.8) is 0 Å². The van der Waals surface area contributed by atoms with Crippen molar-refractivity contribution >= 4 is 13.3 Å². The predicted molar refractivity (Wildman–Crippen MR) is 48.9 cm³/mol. The largest absolute Gasteiger partial charge is 0.364 e. The average molecular weight is 182 g/mol. The SMILES string of the molecule is Bc1cccc(C(O)OC(O)O)c1. The number of hydrogen-bond acceptors (Lipinski definition) is 4. The third-order valence-electron chi connectivity index (χ3n) is 1.58. The van der Waals surface area contributed by atoms with Crippen molar-refractivity contribution < 1.29 is 20.1 Å². The third-order valence-corrected chi connectivity index (χ3v) is 1.58. The lowest BCUT2D eigenvalue weighted by Gasteiger charge is -2.13. The van der Waals surface area contributed by atoms with Crippen molar-refractivity contribution in [2.45, 2.75) is 12.8 Å². The number of aliphatic hydroxyl groups excluding tert-OH is 2. The molecule has 1 atom stereocenters. The van der Waals surface area contributed by atoms with E-state index in [0.29, 0.717) is 5.56 Å². The Labute approximate surface area is 76.8 Å². The van der Waals surface area contributed by atoms with Crippen LogP contribution >= 0.6 is 0 Å². The molecule has 1 aromatic rings. The molecular formula is C8H11BO4. The monoisotopic (exact) mass is 182 g/mol. The van der Waals surface area contributed by atoms with Gasteiger partial charge in [-0.2, -0.15) is 0 Å². The molecule has 0 radical (unpaired) electrons. The van der Waals surface area contributed by atoms with Gasteiger partial charge in [0, 0.05) is 5.56 Å². The molecule has 0 aromatic heterocycles. The van der Waals surface area contributed by atoms with Gasteiger partial charge in [-0.15, -0.1) is 0 Å². The van der Waals surface area contributed by atoms with E-state index in [9.17, 15) is 5.11 Å². The zero-order valence-electron chi connectivity index (χ0n) is 7.21. The number of ether oxygens (including phenoxy) is 1. The molecule has 1 rings (SSSR count). The first kappa shape index (κ1) is 10.2. The molecule has 1 unspecified atom stereocenters. The number of rotatable bonds is 3. The minimum Gasteiger partial charge on any atom is -0.364 e. The summed E-state index contributed by atoms with van der Waals surface area (Å²) in [6.07, 6.45) is -1.31. The van der Waals surface area contributed by atoms with Gasteiger partial charge < -0.3 is 15.3 Å². The van der Waals surface area contributed by atoms with E-state index in [2.05, 4.69) is 4.74 Å². The maximum absolute atomic E-state index is 9.27. The van der Waals surface area contributed by atoms with E-state index in [1.165, 1.54) is 0 Å². The van der Waals surface area contributed by atoms with Crippen LogP contribution in [-0.4, -0.2) is 29.6 Å². The summed E-state index contributed by atoms with van der Waals surface area (Å²) < 4.78 is 4.36. The van der Waals surface area contributed by atoms with Crippen molar-refractivity contribution in [2.75, 3.05) is 0 Å². The standard InChI is InChI=1S/C8H11BO4/c9-6-3-1-2-5(4-6)7(10)13-8(11)12/h1-4,7-8,10-12H,9H2. The zero-order valence-corrected chi connectivity index (χ0v) is 7.21. The normalized spacial score (nSPS) is 13.2. The number of aliphatic hydroxyl groups is 3.